The van der Waals surface area contributed by atoms with Crippen LogP contribution < -0.4 is 0 Å². The van der Waals surface area contributed by atoms with Crippen LogP contribution in [-0.2, 0) is 9.47 Å². The fourth-order valence-corrected chi connectivity index (χ4v) is 0.667. The van der Waals surface area contributed by atoms with Crippen LogP contribution in [0.25, 0.3) is 0 Å². The van der Waals surface area contributed by atoms with Gasteiger partial charge in [-0.05, 0) is 26.0 Å². The lowest BCUT2D eigenvalue weighted by atomic mass is 10.1. The van der Waals surface area contributed by atoms with Crippen LogP contribution >= 0.6 is 0 Å². The van der Waals surface area contributed by atoms with Crippen LogP contribution in [0.3, 0.4) is 0 Å². The minimum Gasteiger partial charge on any atom is -0.415 e. The molecule has 1 heterocycles. The Kier molecular flexibility index (Phi) is 4.74. The maximum Gasteiger partial charge on any atom is 0.514 e. The molecule has 1 saturated heterocycles. The van der Waals surface area contributed by atoms with Gasteiger partial charge in [0.15, 0.2) is 11.4 Å². The number of ether oxygens (including phenoxy) is 2. The van der Waals surface area contributed by atoms with E-state index in [1.807, 2.05) is 0 Å². The Morgan fingerprint density at radius 2 is 2.12 bits per heavy atom. The largest absolute Gasteiger partial charge is 0.514 e. The summed E-state index contributed by atoms with van der Waals surface area (Å²) in [5, 5.41) is 8.78. The van der Waals surface area contributed by atoms with Gasteiger partial charge in [0.2, 0.25) is 0 Å². The Bertz CT molecular complexity index is 387. The number of terminal acetylenes is 1. The standard InChI is InChI=1S/C7H8O3.C6H8O/c1-4-7(3)5(2)9-6(8)10-7;1-4-6(3,7)5-2/h4H,1-2H2,3H3;1,5,7H,2H2,3H3. The quantitative estimate of drug-likeness (QED) is 0.453. The van der Waals surface area contributed by atoms with E-state index in [1.54, 1.807) is 6.92 Å². The Labute approximate surface area is 101 Å². The van der Waals surface area contributed by atoms with Gasteiger partial charge < -0.3 is 14.6 Å². The number of carbonyl (C=O) groups excluding carboxylic acids is 1. The van der Waals surface area contributed by atoms with Crippen molar-refractivity contribution in [2.45, 2.75) is 25.0 Å². The second-order valence-corrected chi connectivity index (χ2v) is 3.68. The van der Waals surface area contributed by atoms with Crippen LogP contribution in [0, 0.1) is 12.3 Å². The molecule has 0 aromatic heterocycles. The molecule has 0 aliphatic carbocycles. The Hall–Kier alpha value is -1.99. The Balaban J connectivity index is 0.000000325. The van der Waals surface area contributed by atoms with Crippen molar-refractivity contribution < 1.29 is 19.4 Å². The van der Waals surface area contributed by atoms with Crippen molar-refractivity contribution in [2.24, 2.45) is 0 Å². The van der Waals surface area contributed by atoms with Gasteiger partial charge >= 0.3 is 6.16 Å². The number of hydrogen-bond acceptors (Lipinski definition) is 4. The molecule has 1 aliphatic heterocycles. The third-order valence-electron chi connectivity index (χ3n) is 2.13. The molecule has 4 heteroatoms. The van der Waals surface area contributed by atoms with Crippen molar-refractivity contribution >= 4 is 6.16 Å². The van der Waals surface area contributed by atoms with Gasteiger partial charge in [0.05, 0.1) is 0 Å². The molecule has 0 bridgehead atoms. The molecule has 17 heavy (non-hydrogen) atoms. The molecule has 2 atom stereocenters. The van der Waals surface area contributed by atoms with Gasteiger partial charge in [-0.1, -0.05) is 25.7 Å². The number of aliphatic hydroxyl groups is 1. The van der Waals surface area contributed by atoms with Crippen LogP contribution in [0.4, 0.5) is 4.79 Å². The predicted octanol–water partition coefficient (Wildman–Crippen LogP) is 2.17. The summed E-state index contributed by atoms with van der Waals surface area (Å²) in [6.45, 7) is 13.4. The lowest BCUT2D eigenvalue weighted by molar-refractivity contribution is 0.100. The molecule has 92 valence electrons. The van der Waals surface area contributed by atoms with E-state index in [1.165, 1.54) is 19.1 Å². The summed E-state index contributed by atoms with van der Waals surface area (Å²) < 4.78 is 9.27. The van der Waals surface area contributed by atoms with E-state index < -0.39 is 17.4 Å². The summed E-state index contributed by atoms with van der Waals surface area (Å²) in [6, 6.07) is 0. The average molecular weight is 236 g/mol. The molecule has 0 saturated carbocycles. The van der Waals surface area contributed by atoms with Gasteiger partial charge in [-0.15, -0.1) is 6.42 Å². The molecular formula is C13H16O4. The maximum absolute atomic E-state index is 10.5. The molecular weight excluding hydrogens is 220 g/mol. The van der Waals surface area contributed by atoms with Crippen LogP contribution in [0.1, 0.15) is 13.8 Å². The summed E-state index contributed by atoms with van der Waals surface area (Å²) in [6.07, 6.45) is 6.92. The van der Waals surface area contributed by atoms with E-state index in [-0.39, 0.29) is 5.76 Å². The van der Waals surface area contributed by atoms with Crippen molar-refractivity contribution in [3.05, 3.63) is 37.6 Å². The van der Waals surface area contributed by atoms with E-state index >= 15 is 0 Å². The maximum atomic E-state index is 10.5. The lowest BCUT2D eigenvalue weighted by Crippen LogP contribution is -2.21. The molecule has 1 fully saturated rings. The SMILES string of the molecule is C#CC(C)(O)C=C.C=CC1(C)OC(=O)OC1=C. The zero-order valence-electron chi connectivity index (χ0n) is 10.0. The summed E-state index contributed by atoms with van der Waals surface area (Å²) in [7, 11) is 0. The zero-order valence-corrected chi connectivity index (χ0v) is 10.0. The summed E-state index contributed by atoms with van der Waals surface area (Å²) in [4.78, 5) is 10.5. The van der Waals surface area contributed by atoms with Gasteiger partial charge in [0, 0.05) is 0 Å². The normalized spacial score (nSPS) is 25.3. The van der Waals surface area contributed by atoms with E-state index in [0.717, 1.165) is 0 Å². The Morgan fingerprint density at radius 1 is 1.59 bits per heavy atom. The van der Waals surface area contributed by atoms with Crippen molar-refractivity contribution in [2.75, 3.05) is 0 Å². The fraction of sp³-hybridized carbons (Fsp3) is 0.308. The number of cyclic esters (lactones) is 2. The molecule has 0 radical (unpaired) electrons. The van der Waals surface area contributed by atoms with Crippen LogP contribution in [-0.4, -0.2) is 22.5 Å². The van der Waals surface area contributed by atoms with Crippen molar-refractivity contribution in [3.8, 4) is 12.3 Å². The average Bonchev–Trinajstić information content (AvgIpc) is 2.54. The lowest BCUT2D eigenvalue weighted by Gasteiger charge is -2.13. The first-order chi connectivity index (χ1) is 7.70. The smallest absolute Gasteiger partial charge is 0.415 e. The summed E-state index contributed by atoms with van der Waals surface area (Å²) >= 11 is 0. The third kappa shape index (κ3) is 4.17. The molecule has 0 spiro atoms. The summed E-state index contributed by atoms with van der Waals surface area (Å²) in [5.41, 5.74) is -1.96. The van der Waals surface area contributed by atoms with E-state index in [4.69, 9.17) is 16.3 Å². The molecule has 1 N–H and O–H groups in total. The molecule has 1 aliphatic rings. The van der Waals surface area contributed by atoms with Gasteiger partial charge in [0.25, 0.3) is 0 Å². The van der Waals surface area contributed by atoms with Gasteiger partial charge in [-0.2, -0.15) is 0 Å². The van der Waals surface area contributed by atoms with Gasteiger partial charge in [0.1, 0.15) is 5.60 Å². The van der Waals surface area contributed by atoms with E-state index in [9.17, 15) is 4.79 Å². The minimum absolute atomic E-state index is 0.285. The minimum atomic E-state index is -1.12. The second kappa shape index (κ2) is 5.37. The third-order valence-corrected chi connectivity index (χ3v) is 2.13. The van der Waals surface area contributed by atoms with Gasteiger partial charge in [-0.25, -0.2) is 4.79 Å². The zero-order chi connectivity index (χ0) is 13.7. The summed E-state index contributed by atoms with van der Waals surface area (Å²) in [5.74, 6) is 2.41. The monoisotopic (exact) mass is 236 g/mol. The first kappa shape index (κ1) is 15.0. The molecule has 4 nitrogen and oxygen atoms in total. The topological polar surface area (TPSA) is 55.8 Å². The van der Waals surface area contributed by atoms with E-state index in [2.05, 4.69) is 30.4 Å². The number of carbonyl (C=O) groups is 1. The molecule has 0 aromatic rings. The fourth-order valence-electron chi connectivity index (χ4n) is 0.667. The van der Waals surface area contributed by atoms with E-state index in [0.29, 0.717) is 0 Å². The van der Waals surface area contributed by atoms with Crippen molar-refractivity contribution in [1.29, 1.82) is 0 Å². The molecule has 1 rings (SSSR count). The van der Waals surface area contributed by atoms with Crippen LogP contribution in [0.2, 0.25) is 0 Å². The highest BCUT2D eigenvalue weighted by molar-refractivity contribution is 5.66. The second-order valence-electron chi connectivity index (χ2n) is 3.68. The highest BCUT2D eigenvalue weighted by atomic mass is 16.8. The Morgan fingerprint density at radius 3 is 2.24 bits per heavy atom. The first-order valence-corrected chi connectivity index (χ1v) is 4.78. The number of hydrogen-bond donors (Lipinski definition) is 1. The molecule has 0 aromatic carbocycles. The highest BCUT2D eigenvalue weighted by Gasteiger charge is 2.39. The molecule has 2 unspecified atom stereocenters. The predicted molar refractivity (Wildman–Crippen MR) is 65.0 cm³/mol. The highest BCUT2D eigenvalue weighted by Crippen LogP contribution is 2.29. The van der Waals surface area contributed by atoms with Crippen molar-refractivity contribution in [3.63, 3.8) is 0 Å². The van der Waals surface area contributed by atoms with Gasteiger partial charge in [-0.3, -0.25) is 0 Å². The number of rotatable bonds is 2. The van der Waals surface area contributed by atoms with Crippen LogP contribution in [0.5, 0.6) is 0 Å². The van der Waals surface area contributed by atoms with Crippen LogP contribution in [0.15, 0.2) is 37.6 Å². The van der Waals surface area contributed by atoms with Crippen molar-refractivity contribution in [1.82, 2.24) is 0 Å². The first-order valence-electron chi connectivity index (χ1n) is 4.78. The molecule has 0 amide bonds.